The lowest BCUT2D eigenvalue weighted by atomic mass is 9.95. The number of hydrogen-bond acceptors (Lipinski definition) is 5. The molecule has 2 heterocycles. The summed E-state index contributed by atoms with van der Waals surface area (Å²) in [6.07, 6.45) is 10.6. The van der Waals surface area contributed by atoms with Crippen molar-refractivity contribution >= 4 is 15.9 Å². The number of carbonyl (C=O) groups excluding carboxylic acids is 1. The Morgan fingerprint density at radius 2 is 1.40 bits per heavy atom. The minimum atomic E-state index is -3.83. The van der Waals surface area contributed by atoms with E-state index >= 15 is 0 Å². The molecule has 1 aliphatic rings. The van der Waals surface area contributed by atoms with Crippen molar-refractivity contribution in [1.29, 1.82) is 0 Å². The van der Waals surface area contributed by atoms with Crippen molar-refractivity contribution in [3.63, 3.8) is 0 Å². The lowest BCUT2D eigenvalue weighted by Gasteiger charge is -2.23. The Labute approximate surface area is 265 Å². The molecule has 8 heteroatoms. The summed E-state index contributed by atoms with van der Waals surface area (Å²) < 4.78 is 29.4. The van der Waals surface area contributed by atoms with E-state index in [4.69, 9.17) is 0 Å². The molecule has 0 saturated heterocycles. The number of carbonyl (C=O) groups is 1. The molecule has 5 aromatic rings. The van der Waals surface area contributed by atoms with E-state index in [0.29, 0.717) is 5.56 Å². The quantitative estimate of drug-likeness (QED) is 0.178. The number of nitrogens with zero attached hydrogens (tertiary/aromatic N) is 3. The van der Waals surface area contributed by atoms with Crippen molar-refractivity contribution in [2.75, 3.05) is 0 Å². The van der Waals surface area contributed by atoms with E-state index in [1.54, 1.807) is 36.8 Å². The summed E-state index contributed by atoms with van der Waals surface area (Å²) in [6.45, 7) is 0.371. The van der Waals surface area contributed by atoms with Crippen molar-refractivity contribution in [3.05, 3.63) is 138 Å². The zero-order valence-electron chi connectivity index (χ0n) is 25.0. The molecule has 1 fully saturated rings. The molecule has 1 saturated carbocycles. The summed E-state index contributed by atoms with van der Waals surface area (Å²) in [7, 11) is -3.83. The lowest BCUT2D eigenvalue weighted by molar-refractivity contribution is 0.0927. The van der Waals surface area contributed by atoms with Gasteiger partial charge in [0.05, 0.1) is 16.2 Å². The minimum Gasteiger partial charge on any atom is -0.349 e. The van der Waals surface area contributed by atoms with Crippen molar-refractivity contribution in [2.45, 2.75) is 56.1 Å². The van der Waals surface area contributed by atoms with Gasteiger partial charge in [-0.3, -0.25) is 14.8 Å². The fourth-order valence-electron chi connectivity index (χ4n) is 5.72. The summed E-state index contributed by atoms with van der Waals surface area (Å²) >= 11 is 0. The number of hydrogen-bond donors (Lipinski definition) is 1. The number of aromatic nitrogens is 2. The van der Waals surface area contributed by atoms with E-state index in [1.165, 1.54) is 10.7 Å². The van der Waals surface area contributed by atoms with Crippen LogP contribution in [-0.4, -0.2) is 34.6 Å². The van der Waals surface area contributed by atoms with Crippen LogP contribution < -0.4 is 5.32 Å². The fourth-order valence-corrected chi connectivity index (χ4v) is 7.14. The second kappa shape index (κ2) is 14.0. The van der Waals surface area contributed by atoms with Crippen molar-refractivity contribution in [3.8, 4) is 22.4 Å². The highest BCUT2D eigenvalue weighted by atomic mass is 32.2. The van der Waals surface area contributed by atoms with Crippen LogP contribution in [0.4, 0.5) is 0 Å². The molecule has 1 N–H and O–H groups in total. The second-order valence-corrected chi connectivity index (χ2v) is 13.4. The summed E-state index contributed by atoms with van der Waals surface area (Å²) in [5, 5.41) is 3.13. The highest BCUT2D eigenvalue weighted by molar-refractivity contribution is 7.89. The molecule has 45 heavy (non-hydrogen) atoms. The van der Waals surface area contributed by atoms with Crippen LogP contribution in [-0.2, 0) is 23.1 Å². The van der Waals surface area contributed by atoms with Gasteiger partial charge in [-0.1, -0.05) is 92.1 Å². The first-order valence-electron chi connectivity index (χ1n) is 15.4. The maximum absolute atomic E-state index is 14.0. The van der Waals surface area contributed by atoms with Gasteiger partial charge in [0.25, 0.3) is 5.91 Å². The average Bonchev–Trinajstić information content (AvgIpc) is 3.10. The Morgan fingerprint density at radius 3 is 2.07 bits per heavy atom. The Hall–Kier alpha value is -4.66. The molecule has 228 valence electrons. The van der Waals surface area contributed by atoms with Crippen LogP contribution >= 0.6 is 0 Å². The SMILES string of the molecule is O=C(NC1CCCCC1)c1ccc(-c2ccc(CN(Cc3cccnc3)S(=O)(=O)c3ccc(-c4ccccc4)cc3)cc2)nc1. The number of amides is 1. The summed E-state index contributed by atoms with van der Waals surface area (Å²) in [5.74, 6) is -0.0825. The molecule has 0 aliphatic heterocycles. The smallest absolute Gasteiger partial charge is 0.253 e. The van der Waals surface area contributed by atoms with Gasteiger partial charge in [-0.25, -0.2) is 8.42 Å². The minimum absolute atomic E-state index is 0.0825. The van der Waals surface area contributed by atoms with E-state index in [-0.39, 0.29) is 29.9 Å². The zero-order chi connectivity index (χ0) is 31.1. The van der Waals surface area contributed by atoms with E-state index in [2.05, 4.69) is 15.3 Å². The van der Waals surface area contributed by atoms with Crippen molar-refractivity contribution in [1.82, 2.24) is 19.6 Å². The Balaban J connectivity index is 1.18. The van der Waals surface area contributed by atoms with Crippen molar-refractivity contribution < 1.29 is 13.2 Å². The van der Waals surface area contributed by atoms with Crippen molar-refractivity contribution in [2.24, 2.45) is 0 Å². The van der Waals surface area contributed by atoms with Gasteiger partial charge in [0.1, 0.15) is 0 Å². The molecule has 2 aromatic heterocycles. The largest absolute Gasteiger partial charge is 0.349 e. The highest BCUT2D eigenvalue weighted by Gasteiger charge is 2.25. The monoisotopic (exact) mass is 616 g/mol. The number of benzene rings is 3. The van der Waals surface area contributed by atoms with Gasteiger partial charge in [0.15, 0.2) is 0 Å². The summed E-state index contributed by atoms with van der Waals surface area (Å²) in [4.78, 5) is 21.7. The number of pyridine rings is 2. The van der Waals surface area contributed by atoms with Gasteiger partial charge in [0, 0.05) is 43.3 Å². The van der Waals surface area contributed by atoms with Gasteiger partial charge in [0.2, 0.25) is 10.0 Å². The van der Waals surface area contributed by atoms with Crippen LogP contribution in [0.25, 0.3) is 22.4 Å². The third-order valence-electron chi connectivity index (χ3n) is 8.26. The Bertz CT molecular complexity index is 1810. The summed E-state index contributed by atoms with van der Waals surface area (Å²) in [5.41, 5.74) is 5.81. The highest BCUT2D eigenvalue weighted by Crippen LogP contribution is 2.26. The van der Waals surface area contributed by atoms with Crippen LogP contribution in [0, 0.1) is 0 Å². The van der Waals surface area contributed by atoms with Crippen LogP contribution in [0.2, 0.25) is 0 Å². The number of sulfonamides is 1. The van der Waals surface area contributed by atoms with Crippen LogP contribution in [0.3, 0.4) is 0 Å². The first-order chi connectivity index (χ1) is 22.0. The first-order valence-corrected chi connectivity index (χ1v) is 16.8. The summed E-state index contributed by atoms with van der Waals surface area (Å²) in [6, 6.07) is 32.2. The molecule has 0 unspecified atom stereocenters. The Morgan fingerprint density at radius 1 is 0.711 bits per heavy atom. The fraction of sp³-hybridized carbons (Fsp3) is 0.216. The van der Waals surface area contributed by atoms with Crippen LogP contribution in [0.1, 0.15) is 53.6 Å². The zero-order valence-corrected chi connectivity index (χ0v) is 25.9. The Kier molecular flexibility index (Phi) is 9.43. The maximum Gasteiger partial charge on any atom is 0.253 e. The van der Waals surface area contributed by atoms with Crippen LogP contribution in [0.5, 0.6) is 0 Å². The third kappa shape index (κ3) is 7.53. The normalized spacial score (nSPS) is 13.9. The molecule has 3 aromatic carbocycles. The number of rotatable bonds is 10. The standard InChI is InChI=1S/C37H36N4O3S/c42-37(40-34-11-5-2-6-12-34)33-19-22-36(39-25-33)32-15-13-28(14-16-32)26-41(27-29-8-7-23-38-24-29)45(43,44)35-20-17-31(18-21-35)30-9-3-1-4-10-30/h1,3-4,7-10,13-25,34H,2,5-6,11-12,26-27H2,(H,40,42). The predicted molar refractivity (Wildman–Crippen MR) is 177 cm³/mol. The van der Waals surface area contributed by atoms with Gasteiger partial charge in [-0.15, -0.1) is 0 Å². The third-order valence-corrected chi connectivity index (χ3v) is 10.1. The van der Waals surface area contributed by atoms with E-state index in [1.807, 2.05) is 84.9 Å². The van der Waals surface area contributed by atoms with E-state index in [0.717, 1.165) is 59.2 Å². The molecular formula is C37H36N4O3S. The molecule has 6 rings (SSSR count). The molecule has 1 aliphatic carbocycles. The molecule has 7 nitrogen and oxygen atoms in total. The maximum atomic E-state index is 14.0. The van der Waals surface area contributed by atoms with E-state index in [9.17, 15) is 13.2 Å². The molecule has 0 spiro atoms. The lowest BCUT2D eigenvalue weighted by Crippen LogP contribution is -2.36. The number of nitrogens with one attached hydrogen (secondary N) is 1. The van der Waals surface area contributed by atoms with E-state index < -0.39 is 10.0 Å². The molecule has 0 radical (unpaired) electrons. The topological polar surface area (TPSA) is 92.3 Å². The van der Waals surface area contributed by atoms with Gasteiger partial charge >= 0.3 is 0 Å². The predicted octanol–water partition coefficient (Wildman–Crippen LogP) is 7.26. The van der Waals surface area contributed by atoms with Gasteiger partial charge < -0.3 is 5.32 Å². The van der Waals surface area contributed by atoms with Gasteiger partial charge in [-0.2, -0.15) is 4.31 Å². The van der Waals surface area contributed by atoms with Gasteiger partial charge in [-0.05, 0) is 65.4 Å². The first kappa shape index (κ1) is 30.4. The molecule has 0 bridgehead atoms. The molecule has 1 amide bonds. The molecule has 0 atom stereocenters. The second-order valence-electron chi connectivity index (χ2n) is 11.5. The average molecular weight is 617 g/mol. The molecular weight excluding hydrogens is 580 g/mol. The van der Waals surface area contributed by atoms with Crippen LogP contribution in [0.15, 0.2) is 127 Å².